The van der Waals surface area contributed by atoms with Crippen LogP contribution in [-0.2, 0) is 9.53 Å². The molecule has 1 aromatic carbocycles. The molecule has 0 bridgehead atoms. The number of thiazole rings is 1. The first-order chi connectivity index (χ1) is 11.0. The molecule has 8 heteroatoms. The van der Waals surface area contributed by atoms with Gasteiger partial charge in [-0.15, -0.1) is 0 Å². The van der Waals surface area contributed by atoms with Crippen LogP contribution in [0.1, 0.15) is 12.8 Å². The van der Waals surface area contributed by atoms with E-state index in [4.69, 9.17) is 9.47 Å². The van der Waals surface area contributed by atoms with Crippen LogP contribution in [0.2, 0.25) is 0 Å². The summed E-state index contributed by atoms with van der Waals surface area (Å²) in [6.45, 7) is 0.521. The molecular weight excluding hydrogens is 318 g/mol. The smallest absolute Gasteiger partial charge is 0.409 e. The molecule has 122 valence electrons. The lowest BCUT2D eigenvalue weighted by atomic mass is 10.2. The molecule has 1 aliphatic heterocycles. The first-order valence-corrected chi connectivity index (χ1v) is 8.03. The number of cyclic esters (lactones) is 1. The van der Waals surface area contributed by atoms with Crippen molar-refractivity contribution >= 4 is 38.7 Å². The van der Waals surface area contributed by atoms with Crippen molar-refractivity contribution < 1.29 is 19.1 Å². The Labute approximate surface area is 137 Å². The number of ether oxygens (including phenoxy) is 2. The lowest BCUT2D eigenvalue weighted by Crippen LogP contribution is -2.20. The minimum Gasteiger partial charge on any atom is -0.497 e. The second-order valence-corrected chi connectivity index (χ2v) is 6.36. The Kier molecular flexibility index (Phi) is 4.33. The molecule has 0 radical (unpaired) electrons. The van der Waals surface area contributed by atoms with E-state index in [-0.39, 0.29) is 24.5 Å². The van der Waals surface area contributed by atoms with E-state index in [2.05, 4.69) is 10.3 Å². The van der Waals surface area contributed by atoms with Gasteiger partial charge in [-0.05, 0) is 24.6 Å². The summed E-state index contributed by atoms with van der Waals surface area (Å²) in [4.78, 5) is 29.1. The Hall–Kier alpha value is -2.35. The van der Waals surface area contributed by atoms with Crippen molar-refractivity contribution in [2.75, 3.05) is 26.0 Å². The molecule has 1 unspecified atom stereocenters. The molecule has 23 heavy (non-hydrogen) atoms. The molecule has 2 amide bonds. The van der Waals surface area contributed by atoms with Crippen LogP contribution in [0, 0.1) is 0 Å². The zero-order chi connectivity index (χ0) is 16.4. The van der Waals surface area contributed by atoms with Crippen LogP contribution in [0.25, 0.3) is 10.2 Å². The van der Waals surface area contributed by atoms with E-state index in [1.165, 1.54) is 16.2 Å². The highest BCUT2D eigenvalue weighted by Crippen LogP contribution is 2.29. The van der Waals surface area contributed by atoms with E-state index in [0.717, 1.165) is 16.0 Å². The van der Waals surface area contributed by atoms with E-state index in [9.17, 15) is 9.59 Å². The Morgan fingerprint density at radius 1 is 1.57 bits per heavy atom. The van der Waals surface area contributed by atoms with E-state index < -0.39 is 0 Å². The van der Waals surface area contributed by atoms with E-state index >= 15 is 0 Å². The van der Waals surface area contributed by atoms with Gasteiger partial charge in [-0.1, -0.05) is 11.3 Å². The average Bonchev–Trinajstić information content (AvgIpc) is 3.07. The molecule has 0 saturated carbocycles. The molecule has 0 aliphatic carbocycles. The highest BCUT2D eigenvalue weighted by molar-refractivity contribution is 7.22. The van der Waals surface area contributed by atoms with Crippen LogP contribution < -0.4 is 10.1 Å². The van der Waals surface area contributed by atoms with Crippen molar-refractivity contribution in [2.45, 2.75) is 18.9 Å². The SMILES string of the molecule is COc1ccc2nc(NC(=O)CCC3CN(C)C(=O)O3)sc2c1. The Morgan fingerprint density at radius 2 is 2.39 bits per heavy atom. The van der Waals surface area contributed by atoms with Gasteiger partial charge in [0.05, 0.1) is 23.9 Å². The third-order valence-corrected chi connectivity index (χ3v) is 4.53. The van der Waals surface area contributed by atoms with Crippen molar-refractivity contribution in [3.8, 4) is 5.75 Å². The van der Waals surface area contributed by atoms with Crippen LogP contribution in [0.15, 0.2) is 18.2 Å². The molecule has 2 heterocycles. The first kappa shape index (κ1) is 15.5. The number of amides is 2. The lowest BCUT2D eigenvalue weighted by Gasteiger charge is -2.07. The predicted molar refractivity (Wildman–Crippen MR) is 86.9 cm³/mol. The summed E-state index contributed by atoms with van der Waals surface area (Å²) < 4.78 is 11.2. The van der Waals surface area contributed by atoms with Gasteiger partial charge >= 0.3 is 6.09 Å². The predicted octanol–water partition coefficient (Wildman–Crippen LogP) is 2.47. The summed E-state index contributed by atoms with van der Waals surface area (Å²) in [5.74, 6) is 0.618. The van der Waals surface area contributed by atoms with Crippen LogP contribution in [-0.4, -0.2) is 48.7 Å². The van der Waals surface area contributed by atoms with Gasteiger partial charge in [-0.25, -0.2) is 9.78 Å². The number of hydrogen-bond donors (Lipinski definition) is 1. The highest BCUT2D eigenvalue weighted by Gasteiger charge is 2.28. The summed E-state index contributed by atoms with van der Waals surface area (Å²) in [6.07, 6.45) is 0.222. The number of benzene rings is 1. The van der Waals surface area contributed by atoms with Gasteiger partial charge in [0.15, 0.2) is 5.13 Å². The number of nitrogens with one attached hydrogen (secondary N) is 1. The molecule has 7 nitrogen and oxygen atoms in total. The van der Waals surface area contributed by atoms with Crippen molar-refractivity contribution in [1.82, 2.24) is 9.88 Å². The van der Waals surface area contributed by atoms with Gasteiger partial charge in [-0.3, -0.25) is 4.79 Å². The zero-order valence-corrected chi connectivity index (χ0v) is 13.7. The van der Waals surface area contributed by atoms with Gasteiger partial charge in [0.25, 0.3) is 0 Å². The number of likely N-dealkylation sites (N-methyl/N-ethyl adjacent to an activating group) is 1. The number of fused-ring (bicyclic) bond motifs is 1. The fraction of sp³-hybridized carbons (Fsp3) is 0.400. The lowest BCUT2D eigenvalue weighted by molar-refractivity contribution is -0.116. The number of nitrogens with zero attached hydrogens (tertiary/aromatic N) is 2. The number of carbonyl (C=O) groups excluding carboxylic acids is 2. The van der Waals surface area contributed by atoms with E-state index in [1.54, 1.807) is 14.2 Å². The van der Waals surface area contributed by atoms with Gasteiger partial charge in [0.1, 0.15) is 11.9 Å². The number of carbonyl (C=O) groups is 2. The van der Waals surface area contributed by atoms with Crippen LogP contribution in [0.5, 0.6) is 5.75 Å². The summed E-state index contributed by atoms with van der Waals surface area (Å²) in [6, 6.07) is 5.57. The molecule has 1 aliphatic rings. The second-order valence-electron chi connectivity index (χ2n) is 5.33. The fourth-order valence-electron chi connectivity index (χ4n) is 2.36. The summed E-state index contributed by atoms with van der Waals surface area (Å²) in [5, 5.41) is 3.34. The van der Waals surface area contributed by atoms with Crippen molar-refractivity contribution in [1.29, 1.82) is 0 Å². The third-order valence-electron chi connectivity index (χ3n) is 3.59. The summed E-state index contributed by atoms with van der Waals surface area (Å²) in [7, 11) is 3.29. The fourth-order valence-corrected chi connectivity index (χ4v) is 3.27. The van der Waals surface area contributed by atoms with Gasteiger partial charge in [0, 0.05) is 13.5 Å². The van der Waals surface area contributed by atoms with Crippen molar-refractivity contribution in [3.05, 3.63) is 18.2 Å². The number of aromatic nitrogens is 1. The normalized spacial score (nSPS) is 17.4. The summed E-state index contributed by atoms with van der Waals surface area (Å²) in [5.41, 5.74) is 0.817. The Balaban J connectivity index is 1.56. The molecule has 1 aromatic heterocycles. The minimum absolute atomic E-state index is 0.137. The van der Waals surface area contributed by atoms with E-state index in [0.29, 0.717) is 18.1 Å². The molecule has 3 rings (SSSR count). The molecule has 1 atom stereocenters. The van der Waals surface area contributed by atoms with E-state index in [1.807, 2.05) is 18.2 Å². The molecule has 1 N–H and O–H groups in total. The van der Waals surface area contributed by atoms with Crippen molar-refractivity contribution in [2.24, 2.45) is 0 Å². The molecule has 0 spiro atoms. The minimum atomic E-state index is -0.337. The third kappa shape index (κ3) is 3.53. The van der Waals surface area contributed by atoms with Gasteiger partial charge in [-0.2, -0.15) is 0 Å². The zero-order valence-electron chi connectivity index (χ0n) is 12.9. The first-order valence-electron chi connectivity index (χ1n) is 7.21. The Bertz CT molecular complexity index is 745. The van der Waals surface area contributed by atoms with Crippen LogP contribution in [0.3, 0.4) is 0 Å². The number of rotatable bonds is 5. The number of methoxy groups -OCH3 is 1. The van der Waals surface area contributed by atoms with Crippen LogP contribution in [0.4, 0.5) is 9.93 Å². The van der Waals surface area contributed by atoms with Crippen molar-refractivity contribution in [3.63, 3.8) is 0 Å². The maximum absolute atomic E-state index is 12.0. The molecule has 1 saturated heterocycles. The Morgan fingerprint density at radius 3 is 3.09 bits per heavy atom. The second kappa shape index (κ2) is 6.41. The topological polar surface area (TPSA) is 80.8 Å². The number of anilines is 1. The van der Waals surface area contributed by atoms with Crippen LogP contribution >= 0.6 is 11.3 Å². The maximum atomic E-state index is 12.0. The maximum Gasteiger partial charge on any atom is 0.409 e. The molecule has 2 aromatic rings. The standard InChI is InChI=1S/C15H17N3O4S/c1-18-8-10(22-15(18)20)4-6-13(19)17-14-16-11-5-3-9(21-2)7-12(11)23-14/h3,5,7,10H,4,6,8H2,1-2H3,(H,16,17,19). The van der Waals surface area contributed by atoms with Gasteiger partial charge < -0.3 is 19.7 Å². The summed E-state index contributed by atoms with van der Waals surface area (Å²) >= 11 is 1.40. The molecule has 1 fully saturated rings. The monoisotopic (exact) mass is 335 g/mol. The highest BCUT2D eigenvalue weighted by atomic mass is 32.1. The largest absolute Gasteiger partial charge is 0.497 e. The molecular formula is C15H17N3O4S. The average molecular weight is 335 g/mol. The van der Waals surface area contributed by atoms with Gasteiger partial charge in [0.2, 0.25) is 5.91 Å². The quantitative estimate of drug-likeness (QED) is 0.908. The number of hydrogen-bond acceptors (Lipinski definition) is 6.